The van der Waals surface area contributed by atoms with E-state index in [0.717, 1.165) is 77.1 Å². The molecule has 0 radical (unpaired) electrons. The third kappa shape index (κ3) is 39.7. The van der Waals surface area contributed by atoms with Crippen LogP contribution in [0.25, 0.3) is 0 Å². The molecule has 3 aliphatic rings. The molecule has 96 heavy (non-hydrogen) atoms. The summed E-state index contributed by atoms with van der Waals surface area (Å²) in [5.74, 6) is 0.231. The quantitative estimate of drug-likeness (QED) is 0.140. The van der Waals surface area contributed by atoms with E-state index in [2.05, 4.69) is 99.8 Å². The molecule has 0 amide bonds. The first-order valence-corrected chi connectivity index (χ1v) is 33.6. The van der Waals surface area contributed by atoms with E-state index in [1.54, 1.807) is 45.0 Å². The van der Waals surface area contributed by atoms with Gasteiger partial charge in [-0.2, -0.15) is 0 Å². The number of nitrogens with zero attached hydrogens (tertiary/aromatic N) is 3. The van der Waals surface area contributed by atoms with Gasteiger partial charge < -0.3 is 18.9 Å². The van der Waals surface area contributed by atoms with Gasteiger partial charge in [0, 0.05) is 64.6 Å². The molecule has 3 saturated heterocycles. The first-order valence-electron chi connectivity index (χ1n) is 32.8. The van der Waals surface area contributed by atoms with E-state index in [-0.39, 0.29) is 23.5 Å². The molecular formula is C81H109Cl2F6N3O4. The molecule has 15 heteroatoms. The summed E-state index contributed by atoms with van der Waals surface area (Å²) >= 11 is 11.5. The second kappa shape index (κ2) is 47.5. The molecule has 3 fully saturated rings. The normalized spacial score (nSPS) is 17.2. The van der Waals surface area contributed by atoms with E-state index < -0.39 is 23.3 Å². The van der Waals surface area contributed by atoms with Crippen molar-refractivity contribution < 1.29 is 45.3 Å². The van der Waals surface area contributed by atoms with Gasteiger partial charge in [-0.25, -0.2) is 36.3 Å². The smallest absolute Gasteiger partial charge is 0.161 e. The Morgan fingerprint density at radius 1 is 0.323 bits per heavy atom. The van der Waals surface area contributed by atoms with E-state index in [1.165, 1.54) is 93.0 Å². The predicted octanol–water partition coefficient (Wildman–Crippen LogP) is 23.4. The summed E-state index contributed by atoms with van der Waals surface area (Å²) in [6.45, 7) is 45.8. The van der Waals surface area contributed by atoms with Gasteiger partial charge >= 0.3 is 0 Å². The standard InChI is InChI=1S/C8H8ClF.C8H9Cl.2C8H8F2.C8H9F.C8H10.C7H9N.2C7H14O.C6H8N2.C6H12O2/c1-5-3-7(9)6(2)8(10)4-5;1-6-3-4-7(2)8(9)5-6;1-5-3-7(9)6(2)8(10)4-5;1-5-3-4-6(2)8(10)7(5)9;1-6-3-4-7(2)8(9)5-6;1-7-3-5-8(2)6-4-7;3*1-6-3-4-7(2)8-5-6;2*1-5-3-7-6(2)8-4-5/h3-4H,1-2H3;3-5H,1-2H3;2*3-4H,1-2H3;3-5H,1-2H3;3-6H,1-2H3;3-5H,1-2H3;2*6-7H,3-5H2,1-2H3;3-4H,1-2H3;5-6H,3-4H2,1-2H3. The van der Waals surface area contributed by atoms with Crippen LogP contribution >= 0.6 is 23.2 Å². The van der Waals surface area contributed by atoms with Gasteiger partial charge in [-0.3, -0.25) is 4.98 Å². The van der Waals surface area contributed by atoms with Crippen LogP contribution in [0, 0.1) is 163 Å². The molecule has 2 aromatic heterocycles. The summed E-state index contributed by atoms with van der Waals surface area (Å²) in [7, 11) is 0. The van der Waals surface area contributed by atoms with Gasteiger partial charge in [0.15, 0.2) is 17.9 Å². The number of aromatic nitrogens is 3. The summed E-state index contributed by atoms with van der Waals surface area (Å²) in [6, 6.07) is 32.8. The minimum atomic E-state index is -0.736. The highest BCUT2D eigenvalue weighted by Crippen LogP contribution is 2.22. The van der Waals surface area contributed by atoms with Crippen molar-refractivity contribution in [2.75, 3.05) is 26.4 Å². The zero-order valence-corrected chi connectivity index (χ0v) is 62.8. The Morgan fingerprint density at radius 3 is 1.01 bits per heavy atom. The Morgan fingerprint density at radius 2 is 0.677 bits per heavy atom. The van der Waals surface area contributed by atoms with Crippen molar-refractivity contribution in [1.82, 2.24) is 15.0 Å². The van der Waals surface area contributed by atoms with Crippen LogP contribution in [0.4, 0.5) is 26.3 Å². The van der Waals surface area contributed by atoms with Crippen LogP contribution < -0.4 is 0 Å². The van der Waals surface area contributed by atoms with Gasteiger partial charge in [0.1, 0.15) is 29.1 Å². The number of benzene rings is 6. The monoisotopic (exact) mass is 1370 g/mol. The lowest BCUT2D eigenvalue weighted by Crippen LogP contribution is -2.27. The predicted molar refractivity (Wildman–Crippen MR) is 389 cm³/mol. The zero-order chi connectivity index (χ0) is 72.8. The van der Waals surface area contributed by atoms with Crippen molar-refractivity contribution in [1.29, 1.82) is 0 Å². The molecule has 5 heterocycles. The van der Waals surface area contributed by atoms with Crippen LogP contribution in [0.1, 0.15) is 157 Å². The van der Waals surface area contributed by atoms with Crippen LogP contribution in [0.3, 0.4) is 0 Å². The number of pyridine rings is 1. The lowest BCUT2D eigenvalue weighted by atomic mass is 10.0. The van der Waals surface area contributed by atoms with E-state index in [4.69, 9.17) is 42.1 Å². The van der Waals surface area contributed by atoms with Crippen molar-refractivity contribution >= 4 is 23.2 Å². The van der Waals surface area contributed by atoms with Crippen molar-refractivity contribution in [3.05, 3.63) is 262 Å². The molecule has 4 atom stereocenters. The van der Waals surface area contributed by atoms with Crippen LogP contribution in [0.2, 0.25) is 10.0 Å². The number of aryl methyl sites for hydroxylation is 14. The maximum Gasteiger partial charge on any atom is 0.161 e. The largest absolute Gasteiger partial charge is 0.378 e. The van der Waals surface area contributed by atoms with Crippen LogP contribution in [0.15, 0.2) is 128 Å². The van der Waals surface area contributed by atoms with Crippen molar-refractivity contribution in [2.45, 2.75) is 197 Å². The summed E-state index contributed by atoms with van der Waals surface area (Å²) in [5.41, 5.74) is 12.9. The molecular weight excluding hydrogens is 1260 g/mol. The zero-order valence-electron chi connectivity index (χ0n) is 61.2. The maximum absolute atomic E-state index is 12.8. The SMILES string of the molecule is CC1CCC(C)OC1.CC1CCC(C)OC1.CC1COC(C)OC1.Cc1cc(F)c(C)c(Cl)c1.Cc1cc(F)c(C)c(F)c1.Cc1ccc(C)c(Cl)c1.Cc1ccc(C)c(F)c1.Cc1ccc(C)c(F)c1F.Cc1ccc(C)cc1.Cc1ccc(C)nc1.Cc1cnc(C)nc1. The fraction of sp³-hybridized carbons (Fsp3) is 0.444. The Balaban J connectivity index is 0.000000529. The third-order valence-corrected chi connectivity index (χ3v) is 15.7. The third-order valence-electron chi connectivity index (χ3n) is 14.9. The fourth-order valence-electron chi connectivity index (χ4n) is 8.04. The molecule has 8 aromatic rings. The van der Waals surface area contributed by atoms with Crippen LogP contribution in [-0.2, 0) is 18.9 Å². The highest BCUT2D eigenvalue weighted by molar-refractivity contribution is 6.31. The topological polar surface area (TPSA) is 75.6 Å². The fourth-order valence-corrected chi connectivity index (χ4v) is 8.54. The van der Waals surface area contributed by atoms with Crippen molar-refractivity contribution in [3.8, 4) is 0 Å². The molecule has 3 aliphatic heterocycles. The molecule has 0 N–H and O–H groups in total. The number of rotatable bonds is 0. The summed E-state index contributed by atoms with van der Waals surface area (Å²) < 4.78 is 96.9. The number of ether oxygens (including phenoxy) is 4. The molecule has 7 nitrogen and oxygen atoms in total. The lowest BCUT2D eigenvalue weighted by molar-refractivity contribution is -0.187. The number of hydrogen-bond donors (Lipinski definition) is 0. The van der Waals surface area contributed by atoms with Gasteiger partial charge in [0.05, 0.1) is 25.4 Å². The molecule has 0 bridgehead atoms. The van der Waals surface area contributed by atoms with Gasteiger partial charge in [-0.15, -0.1) is 0 Å². The number of halogens is 8. The highest BCUT2D eigenvalue weighted by Gasteiger charge is 2.16. The second-order valence-corrected chi connectivity index (χ2v) is 26.3. The molecule has 0 spiro atoms. The first kappa shape index (κ1) is 87.6. The average molecular weight is 1370 g/mol. The van der Waals surface area contributed by atoms with Crippen molar-refractivity contribution in [3.63, 3.8) is 0 Å². The summed E-state index contributed by atoms with van der Waals surface area (Å²) in [6.07, 6.45) is 11.7. The molecule has 4 unspecified atom stereocenters. The molecule has 0 saturated carbocycles. The van der Waals surface area contributed by atoms with Gasteiger partial charge in [-0.05, 0) is 267 Å². The molecule has 0 aliphatic carbocycles. The Labute approximate surface area is 583 Å². The summed E-state index contributed by atoms with van der Waals surface area (Å²) in [5, 5.41) is 1.35. The average Bonchev–Trinajstić information content (AvgIpc) is 0.926. The van der Waals surface area contributed by atoms with E-state index in [9.17, 15) is 26.3 Å². The summed E-state index contributed by atoms with van der Waals surface area (Å²) in [4.78, 5) is 12.0. The minimum absolute atomic E-state index is 0.0196. The first-order chi connectivity index (χ1) is 45.0. The van der Waals surface area contributed by atoms with E-state index in [1.807, 2.05) is 105 Å². The Hall–Kier alpha value is -6.45. The van der Waals surface area contributed by atoms with Crippen LogP contribution in [0.5, 0.6) is 0 Å². The van der Waals surface area contributed by atoms with Crippen LogP contribution in [-0.4, -0.2) is 59.9 Å². The van der Waals surface area contributed by atoms with Gasteiger partial charge in [-0.1, -0.05) is 122 Å². The van der Waals surface area contributed by atoms with Crippen molar-refractivity contribution in [2.24, 2.45) is 17.8 Å². The molecule has 6 aromatic carbocycles. The van der Waals surface area contributed by atoms with E-state index >= 15 is 0 Å². The second-order valence-electron chi connectivity index (χ2n) is 25.5. The number of hydrogen-bond acceptors (Lipinski definition) is 7. The van der Waals surface area contributed by atoms with E-state index in [0.29, 0.717) is 51.0 Å². The minimum Gasteiger partial charge on any atom is -0.378 e. The Kier molecular flexibility index (Phi) is 43.3. The van der Waals surface area contributed by atoms with Gasteiger partial charge in [0.2, 0.25) is 0 Å². The molecule has 11 rings (SSSR count). The molecule has 528 valence electrons. The maximum atomic E-state index is 12.8. The lowest BCUT2D eigenvalue weighted by Gasteiger charge is -2.24. The highest BCUT2D eigenvalue weighted by atomic mass is 35.5. The van der Waals surface area contributed by atoms with Gasteiger partial charge in [0.25, 0.3) is 0 Å². The Bertz CT molecular complexity index is 3020.